The number of anilines is 1. The van der Waals surface area contributed by atoms with Crippen LogP contribution in [0.4, 0.5) is 23.2 Å². The zero-order valence-electron chi connectivity index (χ0n) is 16.2. The molecule has 2 heterocycles. The molecule has 0 atom stereocenters. The van der Waals surface area contributed by atoms with Crippen LogP contribution in [0.3, 0.4) is 0 Å². The summed E-state index contributed by atoms with van der Waals surface area (Å²) in [7, 11) is 0. The fourth-order valence-corrected chi connectivity index (χ4v) is 3.16. The van der Waals surface area contributed by atoms with Crippen LogP contribution in [0, 0.1) is 5.82 Å². The Morgan fingerprint density at radius 3 is 2.22 bits per heavy atom. The summed E-state index contributed by atoms with van der Waals surface area (Å²) < 4.78 is 59.5. The van der Waals surface area contributed by atoms with Gasteiger partial charge in [-0.1, -0.05) is 12.1 Å². The second kappa shape index (κ2) is 8.22. The van der Waals surface area contributed by atoms with E-state index in [9.17, 15) is 27.2 Å². The summed E-state index contributed by atoms with van der Waals surface area (Å²) in [6, 6.07) is 12.9. The van der Waals surface area contributed by atoms with Crippen molar-refractivity contribution in [3.63, 3.8) is 0 Å². The molecule has 0 saturated heterocycles. The number of rotatable bonds is 6. The van der Waals surface area contributed by atoms with Crippen molar-refractivity contribution in [1.29, 1.82) is 0 Å². The molecule has 1 aromatic heterocycles. The average molecular weight is 446 g/mol. The molecule has 0 unspecified atom stereocenters. The van der Waals surface area contributed by atoms with E-state index < -0.39 is 29.7 Å². The third kappa shape index (κ3) is 4.48. The van der Waals surface area contributed by atoms with Crippen molar-refractivity contribution >= 4 is 23.1 Å². The van der Waals surface area contributed by atoms with Gasteiger partial charge in [0.15, 0.2) is 0 Å². The summed E-state index contributed by atoms with van der Waals surface area (Å²) in [5, 5.41) is 2.79. The third-order valence-corrected chi connectivity index (χ3v) is 4.55. The van der Waals surface area contributed by atoms with Crippen molar-refractivity contribution in [3.8, 4) is 5.75 Å². The predicted molar refractivity (Wildman–Crippen MR) is 104 cm³/mol. The van der Waals surface area contributed by atoms with Crippen LogP contribution in [-0.2, 0) is 16.1 Å². The smallest absolute Gasteiger partial charge is 0.467 e. The first kappa shape index (κ1) is 21.2. The standard InChI is InChI=1S/C22H14F4N2O4/c23-14-5-3-13(4-6-14)18-19(21(30)28(20(18)29)12-17-2-1-11-31-17)27-15-7-9-16(10-8-15)32-22(24,25)26/h1-11,27H,12H2. The lowest BCUT2D eigenvalue weighted by molar-refractivity contribution is -0.274. The molecule has 4 rings (SSSR count). The van der Waals surface area contributed by atoms with Gasteiger partial charge in [0.05, 0.1) is 18.4 Å². The van der Waals surface area contributed by atoms with Gasteiger partial charge in [-0.25, -0.2) is 4.39 Å². The van der Waals surface area contributed by atoms with Crippen molar-refractivity contribution in [2.75, 3.05) is 5.32 Å². The number of nitrogens with zero attached hydrogens (tertiary/aromatic N) is 1. The fraction of sp³-hybridized carbons (Fsp3) is 0.0909. The number of furan rings is 1. The number of hydrogen-bond donors (Lipinski definition) is 1. The molecule has 2 aromatic carbocycles. The Hall–Kier alpha value is -4.08. The molecule has 0 saturated carbocycles. The van der Waals surface area contributed by atoms with Crippen LogP contribution in [0.5, 0.6) is 5.75 Å². The number of nitrogens with one attached hydrogen (secondary N) is 1. The van der Waals surface area contributed by atoms with Crippen molar-refractivity contribution in [1.82, 2.24) is 4.90 Å². The van der Waals surface area contributed by atoms with E-state index in [0.717, 1.165) is 29.2 Å². The summed E-state index contributed by atoms with van der Waals surface area (Å²) in [5.74, 6) is -1.88. The molecule has 3 aromatic rings. The molecule has 32 heavy (non-hydrogen) atoms. The number of carbonyl (C=O) groups excluding carboxylic acids is 2. The van der Waals surface area contributed by atoms with Gasteiger partial charge in [0.2, 0.25) is 0 Å². The highest BCUT2D eigenvalue weighted by molar-refractivity contribution is 6.36. The predicted octanol–water partition coefficient (Wildman–Crippen LogP) is 4.71. The van der Waals surface area contributed by atoms with Crippen molar-refractivity contribution < 1.29 is 36.3 Å². The van der Waals surface area contributed by atoms with Crippen LogP contribution in [0.1, 0.15) is 11.3 Å². The Morgan fingerprint density at radius 1 is 0.938 bits per heavy atom. The minimum atomic E-state index is -4.84. The molecule has 1 aliphatic rings. The minimum Gasteiger partial charge on any atom is -0.467 e. The van der Waals surface area contributed by atoms with Gasteiger partial charge in [-0.3, -0.25) is 14.5 Å². The van der Waals surface area contributed by atoms with Crippen LogP contribution in [0.15, 0.2) is 77.0 Å². The van der Waals surface area contributed by atoms with Gasteiger partial charge in [0.1, 0.15) is 23.0 Å². The number of alkyl halides is 3. The first-order valence-electron chi connectivity index (χ1n) is 9.23. The number of imide groups is 1. The Bertz CT molecular complexity index is 1170. The average Bonchev–Trinajstić information content (AvgIpc) is 3.32. The number of hydrogen-bond acceptors (Lipinski definition) is 5. The second-order valence-corrected chi connectivity index (χ2v) is 6.73. The highest BCUT2D eigenvalue weighted by atomic mass is 19.4. The zero-order valence-corrected chi connectivity index (χ0v) is 16.2. The van der Waals surface area contributed by atoms with E-state index >= 15 is 0 Å². The van der Waals surface area contributed by atoms with Gasteiger partial charge in [0.25, 0.3) is 11.8 Å². The topological polar surface area (TPSA) is 71.8 Å². The van der Waals surface area contributed by atoms with Crippen LogP contribution < -0.4 is 10.1 Å². The molecule has 0 bridgehead atoms. The van der Waals surface area contributed by atoms with E-state index in [1.54, 1.807) is 12.1 Å². The van der Waals surface area contributed by atoms with E-state index in [-0.39, 0.29) is 23.5 Å². The lowest BCUT2D eigenvalue weighted by atomic mass is 10.0. The van der Waals surface area contributed by atoms with Crippen LogP contribution in [0.2, 0.25) is 0 Å². The van der Waals surface area contributed by atoms with Gasteiger partial charge in [0, 0.05) is 5.69 Å². The molecule has 0 radical (unpaired) electrons. The third-order valence-electron chi connectivity index (χ3n) is 4.55. The molecule has 164 valence electrons. The van der Waals surface area contributed by atoms with Gasteiger partial charge in [-0.05, 0) is 54.1 Å². The molecular weight excluding hydrogens is 432 g/mol. The van der Waals surface area contributed by atoms with Crippen LogP contribution >= 0.6 is 0 Å². The second-order valence-electron chi connectivity index (χ2n) is 6.73. The number of amides is 2. The summed E-state index contributed by atoms with van der Waals surface area (Å²) in [5.41, 5.74) is 0.441. The van der Waals surface area contributed by atoms with Gasteiger partial charge < -0.3 is 14.5 Å². The molecule has 0 aliphatic carbocycles. The first-order chi connectivity index (χ1) is 15.2. The molecule has 10 heteroatoms. The van der Waals surface area contributed by atoms with Crippen molar-refractivity contribution in [2.45, 2.75) is 12.9 Å². The van der Waals surface area contributed by atoms with Crippen LogP contribution in [0.25, 0.3) is 5.57 Å². The van der Waals surface area contributed by atoms with Gasteiger partial charge >= 0.3 is 6.36 Å². The molecule has 6 nitrogen and oxygen atoms in total. The first-order valence-corrected chi connectivity index (χ1v) is 9.23. The maximum absolute atomic E-state index is 13.4. The Morgan fingerprint density at radius 2 is 1.62 bits per heavy atom. The largest absolute Gasteiger partial charge is 0.573 e. The molecular formula is C22H14F4N2O4. The molecule has 1 aliphatic heterocycles. The Balaban J connectivity index is 1.67. The van der Waals surface area contributed by atoms with Gasteiger partial charge in [-0.15, -0.1) is 13.2 Å². The van der Waals surface area contributed by atoms with Crippen molar-refractivity contribution in [3.05, 3.63) is 89.8 Å². The molecule has 2 amide bonds. The summed E-state index contributed by atoms with van der Waals surface area (Å²) in [6.45, 7) is -0.126. The normalized spacial score (nSPS) is 14.3. The minimum absolute atomic E-state index is 0.00262. The molecule has 1 N–H and O–H groups in total. The quantitative estimate of drug-likeness (QED) is 0.439. The number of ether oxygens (including phenoxy) is 1. The number of halogens is 4. The Kier molecular flexibility index (Phi) is 5.43. The number of carbonyl (C=O) groups is 2. The van der Waals surface area contributed by atoms with E-state index in [1.807, 2.05) is 0 Å². The monoisotopic (exact) mass is 446 g/mol. The maximum atomic E-state index is 13.4. The lowest BCUT2D eigenvalue weighted by Crippen LogP contribution is -2.31. The summed E-state index contributed by atoms with van der Waals surface area (Å²) in [6.07, 6.45) is -3.44. The highest BCUT2D eigenvalue weighted by Crippen LogP contribution is 2.32. The van der Waals surface area contributed by atoms with E-state index in [1.165, 1.54) is 30.5 Å². The summed E-state index contributed by atoms with van der Waals surface area (Å²) >= 11 is 0. The van der Waals surface area contributed by atoms with E-state index in [0.29, 0.717) is 11.3 Å². The summed E-state index contributed by atoms with van der Waals surface area (Å²) in [4.78, 5) is 27.1. The maximum Gasteiger partial charge on any atom is 0.573 e. The van der Waals surface area contributed by atoms with Gasteiger partial charge in [-0.2, -0.15) is 0 Å². The number of benzene rings is 2. The molecule has 0 spiro atoms. The molecule has 0 fully saturated rings. The van der Waals surface area contributed by atoms with E-state index in [2.05, 4.69) is 10.1 Å². The van der Waals surface area contributed by atoms with Crippen molar-refractivity contribution in [2.24, 2.45) is 0 Å². The highest BCUT2D eigenvalue weighted by Gasteiger charge is 2.39. The zero-order chi connectivity index (χ0) is 22.9. The van der Waals surface area contributed by atoms with Crippen LogP contribution in [-0.4, -0.2) is 23.1 Å². The fourth-order valence-electron chi connectivity index (χ4n) is 3.16. The van der Waals surface area contributed by atoms with E-state index in [4.69, 9.17) is 4.42 Å². The Labute approximate surface area is 178 Å². The SMILES string of the molecule is O=C1C(Nc2ccc(OC(F)(F)F)cc2)=C(c2ccc(F)cc2)C(=O)N1Cc1ccco1. The lowest BCUT2D eigenvalue weighted by Gasteiger charge is -2.14.